The molecule has 4 aromatic rings. The van der Waals surface area contributed by atoms with E-state index < -0.39 is 0 Å². The summed E-state index contributed by atoms with van der Waals surface area (Å²) >= 11 is 1.64. The monoisotopic (exact) mass is 350 g/mol. The van der Waals surface area contributed by atoms with Gasteiger partial charge in [-0.2, -0.15) is 5.10 Å². The Morgan fingerprint density at radius 1 is 1.16 bits per heavy atom. The van der Waals surface area contributed by atoms with Crippen LogP contribution in [-0.2, 0) is 6.54 Å². The zero-order valence-corrected chi connectivity index (χ0v) is 14.8. The fourth-order valence-corrected chi connectivity index (χ4v) is 3.68. The van der Waals surface area contributed by atoms with E-state index in [9.17, 15) is 0 Å². The quantitative estimate of drug-likeness (QED) is 0.571. The molecule has 3 aromatic heterocycles. The van der Waals surface area contributed by atoms with Crippen molar-refractivity contribution >= 4 is 33.1 Å². The van der Waals surface area contributed by atoms with Crippen molar-refractivity contribution in [1.29, 1.82) is 0 Å². The molecule has 0 radical (unpaired) electrons. The van der Waals surface area contributed by atoms with E-state index in [2.05, 4.69) is 37.9 Å². The summed E-state index contributed by atoms with van der Waals surface area (Å²) in [5, 5.41) is 13.4. The second-order valence-corrected chi connectivity index (χ2v) is 6.89. The van der Waals surface area contributed by atoms with Gasteiger partial charge in [-0.05, 0) is 19.7 Å². The molecule has 0 spiro atoms. The third-order valence-corrected chi connectivity index (χ3v) is 4.66. The first-order valence-electron chi connectivity index (χ1n) is 7.95. The summed E-state index contributed by atoms with van der Waals surface area (Å²) in [6.45, 7) is 0.689. The third-order valence-electron chi connectivity index (χ3n) is 3.78. The Balaban J connectivity index is 1.88. The number of anilines is 2. The number of aromatic amines is 1. The van der Waals surface area contributed by atoms with Crippen molar-refractivity contribution in [1.82, 2.24) is 25.1 Å². The molecule has 0 amide bonds. The molecule has 0 aliphatic carbocycles. The maximum atomic E-state index is 4.78. The molecule has 6 nitrogen and oxygen atoms in total. The highest BCUT2D eigenvalue weighted by atomic mass is 32.1. The molecule has 3 heterocycles. The molecule has 0 fully saturated rings. The van der Waals surface area contributed by atoms with E-state index in [4.69, 9.17) is 9.97 Å². The lowest BCUT2D eigenvalue weighted by Gasteiger charge is -2.12. The zero-order chi connectivity index (χ0) is 17.2. The molecule has 25 heavy (non-hydrogen) atoms. The van der Waals surface area contributed by atoms with Gasteiger partial charge in [0.25, 0.3) is 0 Å². The van der Waals surface area contributed by atoms with Gasteiger partial charge in [-0.3, -0.25) is 5.10 Å². The molecule has 0 aliphatic rings. The topological polar surface area (TPSA) is 69.7 Å². The molecule has 4 rings (SSSR count). The van der Waals surface area contributed by atoms with Crippen molar-refractivity contribution in [2.75, 3.05) is 19.4 Å². The van der Waals surface area contributed by atoms with Crippen LogP contribution in [0.2, 0.25) is 0 Å². The highest BCUT2D eigenvalue weighted by molar-refractivity contribution is 7.17. The zero-order valence-electron chi connectivity index (χ0n) is 14.0. The van der Waals surface area contributed by atoms with Gasteiger partial charge in [0, 0.05) is 17.1 Å². The fourth-order valence-electron chi connectivity index (χ4n) is 2.72. The Labute approximate surface area is 149 Å². The Bertz CT molecular complexity index is 976. The molecule has 2 N–H and O–H groups in total. The molecule has 126 valence electrons. The number of hydrogen-bond acceptors (Lipinski definition) is 6. The summed E-state index contributed by atoms with van der Waals surface area (Å²) in [6, 6.07) is 10.3. The van der Waals surface area contributed by atoms with Crippen LogP contribution in [0.3, 0.4) is 0 Å². The van der Waals surface area contributed by atoms with Crippen LogP contribution in [0.15, 0.2) is 48.1 Å². The lowest BCUT2D eigenvalue weighted by molar-refractivity contribution is 0.391. The van der Waals surface area contributed by atoms with Gasteiger partial charge in [0.2, 0.25) is 0 Å². The maximum absolute atomic E-state index is 4.78. The second kappa shape index (κ2) is 6.62. The molecule has 0 bridgehead atoms. The van der Waals surface area contributed by atoms with E-state index in [1.54, 1.807) is 17.5 Å². The average molecular weight is 350 g/mol. The molecule has 1 aromatic carbocycles. The van der Waals surface area contributed by atoms with Crippen LogP contribution in [-0.4, -0.2) is 39.2 Å². The fraction of sp³-hybridized carbons (Fsp3) is 0.167. The molecule has 7 heteroatoms. The summed E-state index contributed by atoms with van der Waals surface area (Å²) in [5.74, 6) is 1.60. The molecule has 0 unspecified atom stereocenters. The lowest BCUT2D eigenvalue weighted by Crippen LogP contribution is -2.14. The van der Waals surface area contributed by atoms with Gasteiger partial charge in [-0.15, -0.1) is 11.3 Å². The number of H-pyrrole nitrogens is 1. The molecular formula is C18H18N6S. The van der Waals surface area contributed by atoms with Crippen LogP contribution in [0.1, 0.15) is 5.82 Å². The molecule has 0 saturated carbocycles. The van der Waals surface area contributed by atoms with Crippen LogP contribution in [0, 0.1) is 0 Å². The Kier molecular flexibility index (Phi) is 4.17. The van der Waals surface area contributed by atoms with E-state index in [-0.39, 0.29) is 0 Å². The Morgan fingerprint density at radius 3 is 2.72 bits per heavy atom. The highest BCUT2D eigenvalue weighted by Crippen LogP contribution is 2.37. The highest BCUT2D eigenvalue weighted by Gasteiger charge is 2.16. The van der Waals surface area contributed by atoms with Crippen molar-refractivity contribution in [2.24, 2.45) is 0 Å². The number of fused-ring (bicyclic) bond motifs is 1. The number of hydrogen-bond donors (Lipinski definition) is 2. The number of rotatable bonds is 5. The normalized spacial score (nSPS) is 11.3. The first-order chi connectivity index (χ1) is 12.2. The first-order valence-corrected chi connectivity index (χ1v) is 8.83. The molecule has 0 atom stereocenters. The van der Waals surface area contributed by atoms with Gasteiger partial charge >= 0.3 is 0 Å². The number of nitrogens with zero attached hydrogens (tertiary/aromatic N) is 4. The number of thiophene rings is 1. The van der Waals surface area contributed by atoms with Gasteiger partial charge in [-0.1, -0.05) is 30.3 Å². The summed E-state index contributed by atoms with van der Waals surface area (Å²) in [6.07, 6.45) is 3.56. The summed E-state index contributed by atoms with van der Waals surface area (Å²) in [5.41, 5.74) is 3.18. The van der Waals surface area contributed by atoms with E-state index in [0.29, 0.717) is 6.54 Å². The minimum absolute atomic E-state index is 0.689. The van der Waals surface area contributed by atoms with Crippen molar-refractivity contribution < 1.29 is 0 Å². The largest absolute Gasteiger partial charge is 0.337 e. The minimum Gasteiger partial charge on any atom is -0.337 e. The van der Waals surface area contributed by atoms with Gasteiger partial charge < -0.3 is 10.2 Å². The van der Waals surface area contributed by atoms with Crippen LogP contribution in [0.4, 0.5) is 11.5 Å². The summed E-state index contributed by atoms with van der Waals surface area (Å²) in [7, 11) is 4.03. The van der Waals surface area contributed by atoms with Gasteiger partial charge in [0.1, 0.15) is 16.5 Å². The number of aromatic nitrogens is 4. The second-order valence-electron chi connectivity index (χ2n) is 6.03. The van der Waals surface area contributed by atoms with Gasteiger partial charge in [-0.25, -0.2) is 9.97 Å². The maximum Gasteiger partial charge on any atom is 0.146 e. The van der Waals surface area contributed by atoms with Crippen molar-refractivity contribution in [3.63, 3.8) is 0 Å². The van der Waals surface area contributed by atoms with Gasteiger partial charge in [0.05, 0.1) is 23.8 Å². The average Bonchev–Trinajstić information content (AvgIpc) is 3.24. The van der Waals surface area contributed by atoms with Crippen LogP contribution in [0.5, 0.6) is 0 Å². The Morgan fingerprint density at radius 2 is 2.00 bits per heavy atom. The van der Waals surface area contributed by atoms with Crippen LogP contribution in [0.25, 0.3) is 21.3 Å². The van der Waals surface area contributed by atoms with Crippen LogP contribution < -0.4 is 5.32 Å². The molecule has 0 aliphatic heterocycles. The minimum atomic E-state index is 0.689. The van der Waals surface area contributed by atoms with Gasteiger partial charge in [0.15, 0.2) is 0 Å². The van der Waals surface area contributed by atoms with Crippen molar-refractivity contribution in [2.45, 2.75) is 6.54 Å². The van der Waals surface area contributed by atoms with Crippen molar-refractivity contribution in [3.05, 3.63) is 53.9 Å². The summed E-state index contributed by atoms with van der Waals surface area (Å²) in [4.78, 5) is 12.6. The number of nitrogens with one attached hydrogen (secondary N) is 2. The van der Waals surface area contributed by atoms with E-state index in [1.165, 1.54) is 0 Å². The summed E-state index contributed by atoms with van der Waals surface area (Å²) < 4.78 is 0. The predicted octanol–water partition coefficient (Wildman–Crippen LogP) is 3.89. The SMILES string of the molecule is CN(C)Cc1nc(Nc2cn[nH]c2)c2c(-c3ccccc3)csc2n1. The first kappa shape index (κ1) is 15.7. The molecular weight excluding hydrogens is 332 g/mol. The Hall–Kier alpha value is -2.77. The number of benzene rings is 1. The lowest BCUT2D eigenvalue weighted by atomic mass is 10.1. The van der Waals surface area contributed by atoms with E-state index in [0.717, 1.165) is 38.7 Å². The van der Waals surface area contributed by atoms with Crippen molar-refractivity contribution in [3.8, 4) is 11.1 Å². The molecule has 0 saturated heterocycles. The predicted molar refractivity (Wildman–Crippen MR) is 102 cm³/mol. The van der Waals surface area contributed by atoms with E-state index in [1.807, 2.05) is 38.5 Å². The smallest absolute Gasteiger partial charge is 0.146 e. The standard InChI is InChI=1S/C18H18N6S/c1-24(2)10-15-22-17(21-13-8-19-20-9-13)16-14(11-25-18(16)23-15)12-6-4-3-5-7-12/h3-9,11H,10H2,1-2H3,(H,19,20)(H,21,22,23). The van der Waals surface area contributed by atoms with Crippen LogP contribution >= 0.6 is 11.3 Å². The third kappa shape index (κ3) is 3.24. The van der Waals surface area contributed by atoms with E-state index >= 15 is 0 Å².